The summed E-state index contributed by atoms with van der Waals surface area (Å²) >= 11 is 6.61. The molecule has 1 saturated heterocycles. The van der Waals surface area contributed by atoms with Crippen LogP contribution in [0.1, 0.15) is 35.7 Å². The number of nitrogens with zero attached hydrogens (tertiary/aromatic N) is 5. The number of carbonyl (C=O) groups is 2. The lowest BCUT2D eigenvalue weighted by molar-refractivity contribution is -0.126. The van der Waals surface area contributed by atoms with Crippen LogP contribution in [-0.2, 0) is 4.79 Å². The van der Waals surface area contributed by atoms with Crippen molar-refractivity contribution in [2.24, 2.45) is 0 Å². The van der Waals surface area contributed by atoms with Gasteiger partial charge in [0.25, 0.3) is 5.91 Å². The molecule has 2 amide bonds. The molecule has 1 aromatic carbocycles. The average molecular weight is 481 g/mol. The van der Waals surface area contributed by atoms with E-state index in [1.54, 1.807) is 30.6 Å². The number of nitrogens with one attached hydrogen (secondary N) is 1. The van der Waals surface area contributed by atoms with E-state index in [0.717, 1.165) is 24.8 Å². The van der Waals surface area contributed by atoms with Gasteiger partial charge in [-0.3, -0.25) is 19.9 Å². The Labute approximate surface area is 204 Å². The Morgan fingerprint density at radius 2 is 2.00 bits per heavy atom. The number of hydrogen-bond donors (Lipinski definition) is 1. The molecule has 3 heterocycles. The number of imidazole rings is 1. The summed E-state index contributed by atoms with van der Waals surface area (Å²) in [5.74, 6) is 0.141. The van der Waals surface area contributed by atoms with Gasteiger partial charge < -0.3 is 14.4 Å². The highest BCUT2D eigenvalue weighted by atomic mass is 35.5. The highest BCUT2D eigenvalue weighted by molar-refractivity contribution is 6.35. The predicted octanol–water partition coefficient (Wildman–Crippen LogP) is 4.01. The standard InChI is InChI=1S/C25H29ClN6O2/c1-30(2)15-6-10-22(33)31-16-4-3-7-19(17-31)32-23-20(26)8-5-9-21(23)28-25(32)29-24(34)18-11-13-27-14-12-18/h5-6,8-14,19H,3-4,7,15-17H2,1-2H3,(H,28,29,34)/b10-6+/t19-/m1/s1. The first-order valence-corrected chi connectivity index (χ1v) is 11.8. The monoisotopic (exact) mass is 480 g/mol. The lowest BCUT2D eigenvalue weighted by Crippen LogP contribution is -2.34. The van der Waals surface area contributed by atoms with Gasteiger partial charge >= 0.3 is 0 Å². The SMILES string of the molecule is CN(C)C/C=C/C(=O)N1CCCC[C@@H](n2c(NC(=O)c3ccncc3)nc3cccc(Cl)c32)C1. The maximum Gasteiger partial charge on any atom is 0.258 e. The number of rotatable bonds is 6. The van der Waals surface area contributed by atoms with E-state index in [2.05, 4.69) is 10.3 Å². The second-order valence-electron chi connectivity index (χ2n) is 8.70. The lowest BCUT2D eigenvalue weighted by Gasteiger charge is -2.26. The molecular weight excluding hydrogens is 452 g/mol. The molecule has 0 spiro atoms. The Balaban J connectivity index is 1.67. The van der Waals surface area contributed by atoms with Crippen LogP contribution in [0.5, 0.6) is 0 Å². The van der Waals surface area contributed by atoms with Gasteiger partial charge in [-0.05, 0) is 57.6 Å². The summed E-state index contributed by atoms with van der Waals surface area (Å²) in [7, 11) is 3.93. The van der Waals surface area contributed by atoms with Gasteiger partial charge in [-0.2, -0.15) is 0 Å². The maximum absolute atomic E-state index is 12.9. The minimum absolute atomic E-state index is 0.00774. The molecule has 1 fully saturated rings. The number of para-hydroxylation sites is 1. The van der Waals surface area contributed by atoms with Gasteiger partial charge in [0, 0.05) is 43.7 Å². The summed E-state index contributed by atoms with van der Waals surface area (Å²) in [6, 6.07) is 8.77. The minimum atomic E-state index is -0.275. The first-order valence-electron chi connectivity index (χ1n) is 11.4. The highest BCUT2D eigenvalue weighted by Crippen LogP contribution is 2.34. The summed E-state index contributed by atoms with van der Waals surface area (Å²) in [5, 5.41) is 3.51. The van der Waals surface area contributed by atoms with E-state index in [9.17, 15) is 9.59 Å². The van der Waals surface area contributed by atoms with E-state index in [1.165, 1.54) is 0 Å². The van der Waals surface area contributed by atoms with Crippen LogP contribution in [0.4, 0.5) is 5.95 Å². The summed E-state index contributed by atoms with van der Waals surface area (Å²) < 4.78 is 1.99. The first kappa shape index (κ1) is 23.9. The second-order valence-corrected chi connectivity index (χ2v) is 9.11. The summed E-state index contributed by atoms with van der Waals surface area (Å²) in [6.45, 7) is 1.91. The molecule has 1 atom stereocenters. The fourth-order valence-corrected chi connectivity index (χ4v) is 4.49. The molecule has 9 heteroatoms. The summed E-state index contributed by atoms with van der Waals surface area (Å²) in [4.78, 5) is 38.4. The van der Waals surface area contributed by atoms with Gasteiger partial charge in [-0.1, -0.05) is 23.7 Å². The number of aromatic nitrogens is 3. The molecule has 0 bridgehead atoms. The zero-order chi connectivity index (χ0) is 24.1. The number of amides is 2. The van der Waals surface area contributed by atoms with Crippen LogP contribution >= 0.6 is 11.6 Å². The molecular formula is C25H29ClN6O2. The van der Waals surface area contributed by atoms with Crippen LogP contribution in [-0.4, -0.2) is 69.9 Å². The molecule has 4 rings (SSSR count). The van der Waals surface area contributed by atoms with Crippen LogP contribution in [0.2, 0.25) is 5.02 Å². The Kier molecular flexibility index (Phi) is 7.59. The molecule has 1 aliphatic rings. The number of carbonyl (C=O) groups excluding carboxylic acids is 2. The van der Waals surface area contributed by atoms with E-state index in [-0.39, 0.29) is 17.9 Å². The zero-order valence-electron chi connectivity index (χ0n) is 19.4. The smallest absolute Gasteiger partial charge is 0.258 e. The van der Waals surface area contributed by atoms with Crippen molar-refractivity contribution in [2.45, 2.75) is 25.3 Å². The van der Waals surface area contributed by atoms with Crippen molar-refractivity contribution < 1.29 is 9.59 Å². The number of benzene rings is 1. The van der Waals surface area contributed by atoms with E-state index in [0.29, 0.717) is 41.7 Å². The molecule has 8 nitrogen and oxygen atoms in total. The first-order chi connectivity index (χ1) is 16.4. The third-order valence-corrected chi connectivity index (χ3v) is 6.19. The molecule has 0 aliphatic carbocycles. The van der Waals surface area contributed by atoms with Crippen molar-refractivity contribution in [1.82, 2.24) is 24.3 Å². The minimum Gasteiger partial charge on any atom is -0.337 e. The fraction of sp³-hybridized carbons (Fsp3) is 0.360. The Hall–Kier alpha value is -3.23. The number of fused-ring (bicyclic) bond motifs is 1. The molecule has 3 aromatic rings. The van der Waals surface area contributed by atoms with Gasteiger partial charge in [0.2, 0.25) is 11.9 Å². The van der Waals surface area contributed by atoms with Crippen LogP contribution in [0.3, 0.4) is 0 Å². The van der Waals surface area contributed by atoms with Gasteiger partial charge in [0.1, 0.15) is 0 Å². The highest BCUT2D eigenvalue weighted by Gasteiger charge is 2.27. The van der Waals surface area contributed by atoms with Gasteiger partial charge in [-0.25, -0.2) is 4.98 Å². The third kappa shape index (κ3) is 5.46. The van der Waals surface area contributed by atoms with Crippen molar-refractivity contribution in [3.63, 3.8) is 0 Å². The molecule has 0 unspecified atom stereocenters. The van der Waals surface area contributed by atoms with Crippen molar-refractivity contribution in [1.29, 1.82) is 0 Å². The molecule has 1 aliphatic heterocycles. The number of halogens is 1. The number of anilines is 1. The van der Waals surface area contributed by atoms with E-state index in [1.807, 2.05) is 52.7 Å². The number of pyridine rings is 1. The number of likely N-dealkylation sites (N-methyl/N-ethyl adjacent to an activating group) is 1. The van der Waals surface area contributed by atoms with Gasteiger partial charge in [0.05, 0.1) is 22.1 Å². The van der Waals surface area contributed by atoms with E-state index in [4.69, 9.17) is 16.6 Å². The van der Waals surface area contributed by atoms with E-state index < -0.39 is 0 Å². The van der Waals surface area contributed by atoms with Crippen molar-refractivity contribution >= 4 is 40.4 Å². The van der Waals surface area contributed by atoms with Crippen molar-refractivity contribution in [3.8, 4) is 0 Å². The second kappa shape index (κ2) is 10.8. The average Bonchev–Trinajstić information content (AvgIpc) is 3.01. The van der Waals surface area contributed by atoms with Crippen LogP contribution < -0.4 is 5.32 Å². The molecule has 0 saturated carbocycles. The molecule has 0 radical (unpaired) electrons. The maximum atomic E-state index is 12.9. The van der Waals surface area contributed by atoms with E-state index >= 15 is 0 Å². The van der Waals surface area contributed by atoms with Crippen molar-refractivity contribution in [2.75, 3.05) is 39.0 Å². The Morgan fingerprint density at radius 3 is 2.76 bits per heavy atom. The molecule has 34 heavy (non-hydrogen) atoms. The third-order valence-electron chi connectivity index (χ3n) is 5.88. The topological polar surface area (TPSA) is 83.4 Å². The Bertz CT molecular complexity index is 1190. The lowest BCUT2D eigenvalue weighted by atomic mass is 10.1. The van der Waals surface area contributed by atoms with Crippen LogP contribution in [0.15, 0.2) is 54.9 Å². The molecule has 1 N–H and O–H groups in total. The molecule has 178 valence electrons. The fourth-order valence-electron chi connectivity index (χ4n) is 4.23. The quantitative estimate of drug-likeness (QED) is 0.539. The molecule has 2 aromatic heterocycles. The largest absolute Gasteiger partial charge is 0.337 e. The Morgan fingerprint density at radius 1 is 1.21 bits per heavy atom. The van der Waals surface area contributed by atoms with Crippen LogP contribution in [0, 0.1) is 0 Å². The number of hydrogen-bond acceptors (Lipinski definition) is 5. The number of likely N-dealkylation sites (tertiary alicyclic amines) is 1. The van der Waals surface area contributed by atoms with Crippen molar-refractivity contribution in [3.05, 3.63) is 65.5 Å². The van der Waals surface area contributed by atoms with Gasteiger partial charge in [-0.15, -0.1) is 0 Å². The predicted molar refractivity (Wildman–Crippen MR) is 134 cm³/mol. The normalized spacial score (nSPS) is 16.8. The summed E-state index contributed by atoms with van der Waals surface area (Å²) in [6.07, 6.45) is 9.40. The van der Waals surface area contributed by atoms with Gasteiger partial charge in [0.15, 0.2) is 0 Å². The zero-order valence-corrected chi connectivity index (χ0v) is 20.2. The summed E-state index contributed by atoms with van der Waals surface area (Å²) in [5.41, 5.74) is 1.95. The van der Waals surface area contributed by atoms with Crippen LogP contribution in [0.25, 0.3) is 11.0 Å².